The van der Waals surface area contributed by atoms with Gasteiger partial charge in [-0.25, -0.2) is 17.5 Å². The summed E-state index contributed by atoms with van der Waals surface area (Å²) in [6, 6.07) is 16.7. The van der Waals surface area contributed by atoms with Crippen molar-refractivity contribution >= 4 is 10.0 Å². The molecule has 0 bridgehead atoms. The monoisotopic (exact) mass is 375 g/mol. The van der Waals surface area contributed by atoms with Crippen LogP contribution < -0.4 is 4.72 Å². The molecule has 0 aliphatic heterocycles. The van der Waals surface area contributed by atoms with Crippen LogP contribution in [-0.2, 0) is 15.7 Å². The van der Waals surface area contributed by atoms with E-state index in [1.165, 1.54) is 0 Å². The van der Waals surface area contributed by atoms with Gasteiger partial charge in [-0.2, -0.15) is 0 Å². The lowest BCUT2D eigenvalue weighted by molar-refractivity contribution is 0.0713. The predicted molar refractivity (Wildman–Crippen MR) is 104 cm³/mol. The molecule has 2 aromatic carbocycles. The summed E-state index contributed by atoms with van der Waals surface area (Å²) in [6.45, 7) is 1.81. The van der Waals surface area contributed by atoms with Crippen molar-refractivity contribution in [1.82, 2.24) is 4.72 Å². The van der Waals surface area contributed by atoms with Crippen LogP contribution in [0.1, 0.15) is 44.6 Å². The Kier molecular flexibility index (Phi) is 5.78. The van der Waals surface area contributed by atoms with Crippen LogP contribution >= 0.6 is 0 Å². The molecule has 0 amide bonds. The molecule has 0 saturated heterocycles. The molecule has 1 saturated carbocycles. The van der Waals surface area contributed by atoms with Gasteiger partial charge in [0.25, 0.3) is 0 Å². The van der Waals surface area contributed by atoms with Gasteiger partial charge in [-0.1, -0.05) is 67.9 Å². The highest BCUT2D eigenvalue weighted by Gasteiger charge is 2.44. The van der Waals surface area contributed by atoms with E-state index < -0.39 is 21.7 Å². The molecular weight excluding hydrogens is 349 g/mol. The smallest absolute Gasteiger partial charge is 0.211 e. The molecule has 2 aromatic rings. The average Bonchev–Trinajstić information content (AvgIpc) is 2.64. The maximum absolute atomic E-state index is 15.9. The molecular formula is C21H26FNO2S. The van der Waals surface area contributed by atoms with Gasteiger partial charge < -0.3 is 0 Å². The molecule has 1 fully saturated rings. The first-order valence-corrected chi connectivity index (χ1v) is 10.9. The standard InChI is InChI=1S/C21H26FNO2S/c1-2-16-26(24,25)23-20-10-6-7-15-21(20,22)19-13-11-18(12-14-19)17-8-4-3-5-9-17/h3-5,8-9,11-14,20,23H,2,6-7,10,15-16H2,1H3. The highest BCUT2D eigenvalue weighted by atomic mass is 32.2. The number of benzene rings is 2. The fourth-order valence-corrected chi connectivity index (χ4v) is 5.14. The Bertz CT molecular complexity index is 821. The van der Waals surface area contributed by atoms with Crippen molar-refractivity contribution in [1.29, 1.82) is 0 Å². The van der Waals surface area contributed by atoms with Gasteiger partial charge in [-0.05, 0) is 42.4 Å². The summed E-state index contributed by atoms with van der Waals surface area (Å²) in [4.78, 5) is 0. The van der Waals surface area contributed by atoms with Crippen LogP contribution in [0, 0.1) is 0 Å². The molecule has 3 rings (SSSR count). The van der Waals surface area contributed by atoms with Gasteiger partial charge in [-0.15, -0.1) is 0 Å². The zero-order valence-electron chi connectivity index (χ0n) is 15.1. The van der Waals surface area contributed by atoms with Crippen molar-refractivity contribution in [3.63, 3.8) is 0 Å². The normalized spacial score (nSPS) is 23.7. The van der Waals surface area contributed by atoms with Crippen LogP contribution in [0.4, 0.5) is 4.39 Å². The second-order valence-corrected chi connectivity index (χ2v) is 8.91. The topological polar surface area (TPSA) is 46.2 Å². The molecule has 1 aliphatic carbocycles. The maximum atomic E-state index is 15.9. The molecule has 1 aliphatic rings. The number of hydrogen-bond acceptors (Lipinski definition) is 2. The zero-order valence-corrected chi connectivity index (χ0v) is 15.9. The van der Waals surface area contributed by atoms with E-state index in [4.69, 9.17) is 0 Å². The second-order valence-electron chi connectivity index (χ2n) is 7.04. The molecule has 2 unspecified atom stereocenters. The summed E-state index contributed by atoms with van der Waals surface area (Å²) < 4.78 is 42.9. The van der Waals surface area contributed by atoms with E-state index >= 15 is 4.39 Å². The van der Waals surface area contributed by atoms with Crippen LogP contribution in [0.25, 0.3) is 11.1 Å². The van der Waals surface area contributed by atoms with E-state index in [0.717, 1.165) is 24.0 Å². The minimum atomic E-state index is -3.45. The van der Waals surface area contributed by atoms with Gasteiger partial charge in [0.2, 0.25) is 10.0 Å². The second kappa shape index (κ2) is 7.89. The van der Waals surface area contributed by atoms with Crippen molar-refractivity contribution in [3.05, 3.63) is 60.2 Å². The lowest BCUT2D eigenvalue weighted by Crippen LogP contribution is -2.50. The van der Waals surface area contributed by atoms with E-state index in [2.05, 4.69) is 4.72 Å². The maximum Gasteiger partial charge on any atom is 0.211 e. The van der Waals surface area contributed by atoms with E-state index in [1.54, 1.807) is 12.1 Å². The molecule has 2 atom stereocenters. The van der Waals surface area contributed by atoms with Gasteiger partial charge in [0.15, 0.2) is 5.67 Å². The number of halogens is 1. The summed E-state index contributed by atoms with van der Waals surface area (Å²) in [5.74, 6) is 0.0343. The van der Waals surface area contributed by atoms with Gasteiger partial charge >= 0.3 is 0 Å². The fourth-order valence-electron chi connectivity index (χ4n) is 3.75. The average molecular weight is 376 g/mol. The molecule has 3 nitrogen and oxygen atoms in total. The van der Waals surface area contributed by atoms with Gasteiger partial charge in [-0.3, -0.25) is 0 Å². The molecule has 0 spiro atoms. The Labute approximate surface area is 155 Å². The minimum absolute atomic E-state index is 0.0343. The molecule has 140 valence electrons. The Morgan fingerprint density at radius 2 is 1.69 bits per heavy atom. The molecule has 0 radical (unpaired) electrons. The predicted octanol–water partition coefficient (Wildman–Crippen LogP) is 4.79. The molecule has 1 N–H and O–H groups in total. The fraction of sp³-hybridized carbons (Fsp3) is 0.429. The highest BCUT2D eigenvalue weighted by Crippen LogP contribution is 2.41. The largest absolute Gasteiger partial charge is 0.237 e. The molecule has 0 aromatic heterocycles. The quantitative estimate of drug-likeness (QED) is 0.789. The Hall–Kier alpha value is -1.72. The van der Waals surface area contributed by atoms with E-state index in [1.807, 2.05) is 49.4 Å². The van der Waals surface area contributed by atoms with Gasteiger partial charge in [0, 0.05) is 0 Å². The van der Waals surface area contributed by atoms with Crippen molar-refractivity contribution in [3.8, 4) is 11.1 Å². The van der Waals surface area contributed by atoms with Crippen molar-refractivity contribution in [2.24, 2.45) is 0 Å². The summed E-state index contributed by atoms with van der Waals surface area (Å²) in [7, 11) is -3.45. The Balaban J connectivity index is 1.87. The van der Waals surface area contributed by atoms with E-state index in [9.17, 15) is 8.42 Å². The molecule has 5 heteroatoms. The first kappa shape index (κ1) is 19.1. The van der Waals surface area contributed by atoms with Crippen LogP contribution in [0.15, 0.2) is 54.6 Å². The summed E-state index contributed by atoms with van der Waals surface area (Å²) in [5, 5.41) is 0. The number of nitrogens with one attached hydrogen (secondary N) is 1. The van der Waals surface area contributed by atoms with Crippen molar-refractivity contribution < 1.29 is 12.8 Å². The van der Waals surface area contributed by atoms with Crippen LogP contribution in [0.2, 0.25) is 0 Å². The lowest BCUT2D eigenvalue weighted by Gasteiger charge is -2.38. The molecule has 26 heavy (non-hydrogen) atoms. The highest BCUT2D eigenvalue weighted by molar-refractivity contribution is 7.89. The summed E-state index contributed by atoms with van der Waals surface area (Å²) in [6.07, 6.45) is 3.00. The van der Waals surface area contributed by atoms with Crippen LogP contribution in [0.5, 0.6) is 0 Å². The third kappa shape index (κ3) is 4.15. The third-order valence-corrected chi connectivity index (χ3v) is 6.69. The molecule has 0 heterocycles. The Morgan fingerprint density at radius 3 is 2.35 bits per heavy atom. The minimum Gasteiger partial charge on any atom is -0.237 e. The zero-order chi connectivity index (χ0) is 18.6. The third-order valence-electron chi connectivity index (χ3n) is 5.10. The number of rotatable bonds is 6. The van der Waals surface area contributed by atoms with E-state index in [-0.39, 0.29) is 5.75 Å². The number of hydrogen-bond donors (Lipinski definition) is 1. The van der Waals surface area contributed by atoms with Gasteiger partial charge in [0.1, 0.15) is 0 Å². The van der Waals surface area contributed by atoms with Crippen molar-refractivity contribution in [2.45, 2.75) is 50.7 Å². The van der Waals surface area contributed by atoms with E-state index in [0.29, 0.717) is 24.8 Å². The van der Waals surface area contributed by atoms with Crippen LogP contribution in [0.3, 0.4) is 0 Å². The first-order chi connectivity index (χ1) is 12.4. The summed E-state index contributed by atoms with van der Waals surface area (Å²) >= 11 is 0. The number of sulfonamides is 1. The Morgan fingerprint density at radius 1 is 1.04 bits per heavy atom. The first-order valence-electron chi connectivity index (χ1n) is 9.29. The summed E-state index contributed by atoms with van der Waals surface area (Å²) in [5.41, 5.74) is 1.00. The van der Waals surface area contributed by atoms with Crippen LogP contribution in [-0.4, -0.2) is 20.2 Å². The van der Waals surface area contributed by atoms with Crippen molar-refractivity contribution in [2.75, 3.05) is 5.75 Å². The number of alkyl halides is 1. The lowest BCUT2D eigenvalue weighted by atomic mass is 9.77. The van der Waals surface area contributed by atoms with Gasteiger partial charge in [0.05, 0.1) is 11.8 Å². The SMILES string of the molecule is CCCS(=O)(=O)NC1CCCCC1(F)c1ccc(-c2ccccc2)cc1.